The summed E-state index contributed by atoms with van der Waals surface area (Å²) >= 11 is 0. The number of ether oxygens (including phenoxy) is 2. The minimum atomic E-state index is -4.85. The van der Waals surface area contributed by atoms with Crippen LogP contribution in [0.15, 0.2) is 12.1 Å². The van der Waals surface area contributed by atoms with Gasteiger partial charge in [-0.25, -0.2) is 9.48 Å². The number of aryl methyl sites for hydroxylation is 2. The van der Waals surface area contributed by atoms with Gasteiger partial charge in [-0.05, 0) is 37.1 Å². The van der Waals surface area contributed by atoms with Crippen molar-refractivity contribution in [1.29, 1.82) is 0 Å². The van der Waals surface area contributed by atoms with Crippen LogP contribution >= 0.6 is 0 Å². The van der Waals surface area contributed by atoms with Gasteiger partial charge in [0.25, 0.3) is 0 Å². The fraction of sp³-hybridized carbons (Fsp3) is 0.357. The van der Waals surface area contributed by atoms with E-state index in [0.29, 0.717) is 11.1 Å². The Morgan fingerprint density at radius 2 is 2.13 bits per heavy atom. The third-order valence-corrected chi connectivity index (χ3v) is 3.05. The number of halogens is 3. The molecule has 0 aliphatic rings. The van der Waals surface area contributed by atoms with E-state index in [1.165, 1.54) is 23.9 Å². The van der Waals surface area contributed by atoms with E-state index in [0.717, 1.165) is 6.08 Å². The first kappa shape index (κ1) is 16.8. The summed E-state index contributed by atoms with van der Waals surface area (Å²) in [5, 5.41) is 7.56. The minimum absolute atomic E-state index is 0.119. The molecular weight excluding hydrogens is 315 g/mol. The van der Waals surface area contributed by atoms with Gasteiger partial charge in [0.15, 0.2) is 5.75 Å². The van der Waals surface area contributed by atoms with Gasteiger partial charge in [0.2, 0.25) is 0 Å². The summed E-state index contributed by atoms with van der Waals surface area (Å²) in [7, 11) is 1.46. The molecule has 9 heteroatoms. The molecule has 0 aliphatic heterocycles. The zero-order valence-electron chi connectivity index (χ0n) is 12.6. The number of carbonyl (C=O) groups excluding carboxylic acids is 1. The molecule has 0 amide bonds. The van der Waals surface area contributed by atoms with E-state index in [1.54, 1.807) is 13.8 Å². The maximum atomic E-state index is 12.6. The minimum Gasteiger partial charge on any atom is -0.463 e. The molecule has 0 saturated carbocycles. The van der Waals surface area contributed by atoms with Crippen LogP contribution in [0, 0.1) is 6.92 Å². The summed E-state index contributed by atoms with van der Waals surface area (Å²) in [5.74, 6) is -1.03. The fourth-order valence-corrected chi connectivity index (χ4v) is 2.06. The van der Waals surface area contributed by atoms with Gasteiger partial charge in [0, 0.05) is 13.1 Å². The number of nitrogens with zero attached hydrogens (tertiary/aromatic N) is 3. The second-order valence-electron chi connectivity index (χ2n) is 4.63. The standard InChI is InChI=1S/C14H14F3N3O3/c1-4-22-11(21)6-5-9-7-10(23-14(15,16)17)13-12(8(9)2)18-19-20(13)3/h5-7H,4H2,1-3H3/b6-5+. The average molecular weight is 329 g/mol. The summed E-state index contributed by atoms with van der Waals surface area (Å²) in [5.41, 5.74) is 1.30. The van der Waals surface area contributed by atoms with Crippen LogP contribution in [0.25, 0.3) is 17.1 Å². The van der Waals surface area contributed by atoms with Crippen molar-refractivity contribution in [3.8, 4) is 5.75 Å². The van der Waals surface area contributed by atoms with Gasteiger partial charge in [0.1, 0.15) is 11.0 Å². The zero-order valence-corrected chi connectivity index (χ0v) is 12.6. The summed E-state index contributed by atoms with van der Waals surface area (Å²) in [6.07, 6.45) is -2.37. The Bertz CT molecular complexity index is 766. The van der Waals surface area contributed by atoms with Crippen LogP contribution < -0.4 is 4.74 Å². The molecule has 23 heavy (non-hydrogen) atoms. The molecule has 124 valence electrons. The highest BCUT2D eigenvalue weighted by Gasteiger charge is 2.33. The average Bonchev–Trinajstić information content (AvgIpc) is 2.82. The molecule has 0 unspecified atom stereocenters. The highest BCUT2D eigenvalue weighted by Crippen LogP contribution is 2.33. The van der Waals surface area contributed by atoms with Crippen LogP contribution in [0.4, 0.5) is 13.2 Å². The Hall–Kier alpha value is -2.58. The van der Waals surface area contributed by atoms with Crippen molar-refractivity contribution in [2.75, 3.05) is 6.61 Å². The first-order valence-corrected chi connectivity index (χ1v) is 6.66. The molecule has 0 bridgehead atoms. The molecule has 0 fully saturated rings. The maximum absolute atomic E-state index is 12.6. The normalized spacial score (nSPS) is 12.1. The Morgan fingerprint density at radius 3 is 2.74 bits per heavy atom. The summed E-state index contributed by atoms with van der Waals surface area (Å²) in [4.78, 5) is 11.4. The molecule has 2 aromatic rings. The van der Waals surface area contributed by atoms with Crippen molar-refractivity contribution in [2.24, 2.45) is 7.05 Å². The van der Waals surface area contributed by atoms with Crippen LogP contribution in [-0.4, -0.2) is 33.9 Å². The van der Waals surface area contributed by atoms with E-state index in [-0.39, 0.29) is 17.6 Å². The number of carbonyl (C=O) groups is 1. The monoisotopic (exact) mass is 329 g/mol. The third kappa shape index (κ3) is 3.79. The van der Waals surface area contributed by atoms with E-state index in [2.05, 4.69) is 15.0 Å². The number of fused-ring (bicyclic) bond motifs is 1. The first-order valence-electron chi connectivity index (χ1n) is 6.66. The number of aromatic nitrogens is 3. The van der Waals surface area contributed by atoms with Gasteiger partial charge in [-0.1, -0.05) is 5.21 Å². The zero-order chi connectivity index (χ0) is 17.2. The molecular formula is C14H14F3N3O3. The van der Waals surface area contributed by atoms with E-state index < -0.39 is 18.1 Å². The van der Waals surface area contributed by atoms with E-state index in [4.69, 9.17) is 4.74 Å². The molecule has 0 N–H and O–H groups in total. The summed E-state index contributed by atoms with van der Waals surface area (Å²) < 4.78 is 47.8. The molecule has 1 aromatic heterocycles. The lowest BCUT2D eigenvalue weighted by molar-refractivity contribution is -0.274. The molecule has 6 nitrogen and oxygen atoms in total. The van der Waals surface area contributed by atoms with Crippen molar-refractivity contribution in [3.63, 3.8) is 0 Å². The second-order valence-corrected chi connectivity index (χ2v) is 4.63. The van der Waals surface area contributed by atoms with E-state index in [1.807, 2.05) is 0 Å². The lowest BCUT2D eigenvalue weighted by atomic mass is 10.1. The Kier molecular flexibility index (Phi) is 4.57. The second kappa shape index (κ2) is 6.27. The Labute approximate surface area is 129 Å². The quantitative estimate of drug-likeness (QED) is 0.637. The summed E-state index contributed by atoms with van der Waals surface area (Å²) in [6.45, 7) is 3.52. The number of esters is 1. The van der Waals surface area contributed by atoms with Crippen molar-refractivity contribution in [2.45, 2.75) is 20.2 Å². The Balaban J connectivity index is 2.54. The van der Waals surface area contributed by atoms with Gasteiger partial charge in [-0.15, -0.1) is 18.3 Å². The lowest BCUT2D eigenvalue weighted by Crippen LogP contribution is -2.18. The molecule has 2 rings (SSSR count). The number of alkyl halides is 3. The fourth-order valence-electron chi connectivity index (χ4n) is 2.06. The number of hydrogen-bond donors (Lipinski definition) is 0. The SMILES string of the molecule is CCOC(=O)/C=C/c1cc(OC(F)(F)F)c2c(nnn2C)c1C. The smallest absolute Gasteiger partial charge is 0.463 e. The van der Waals surface area contributed by atoms with Crippen molar-refractivity contribution in [1.82, 2.24) is 15.0 Å². The largest absolute Gasteiger partial charge is 0.573 e. The van der Waals surface area contributed by atoms with Crippen molar-refractivity contribution >= 4 is 23.1 Å². The number of benzene rings is 1. The van der Waals surface area contributed by atoms with Crippen LogP contribution in [-0.2, 0) is 16.6 Å². The van der Waals surface area contributed by atoms with Crippen molar-refractivity contribution < 1.29 is 27.4 Å². The van der Waals surface area contributed by atoms with Crippen molar-refractivity contribution in [3.05, 3.63) is 23.3 Å². The molecule has 0 saturated heterocycles. The molecule has 0 radical (unpaired) electrons. The topological polar surface area (TPSA) is 66.2 Å². The Morgan fingerprint density at radius 1 is 1.43 bits per heavy atom. The molecule has 0 atom stereocenters. The predicted octanol–water partition coefficient (Wildman–Crippen LogP) is 2.75. The van der Waals surface area contributed by atoms with Gasteiger partial charge < -0.3 is 9.47 Å². The summed E-state index contributed by atoms with van der Waals surface area (Å²) in [6, 6.07) is 1.18. The predicted molar refractivity (Wildman–Crippen MR) is 75.6 cm³/mol. The molecule has 0 aliphatic carbocycles. The highest BCUT2D eigenvalue weighted by atomic mass is 19.4. The van der Waals surface area contributed by atoms with Crippen LogP contribution in [0.2, 0.25) is 0 Å². The number of rotatable bonds is 4. The van der Waals surface area contributed by atoms with Gasteiger partial charge in [-0.3, -0.25) is 0 Å². The molecule has 1 aromatic carbocycles. The first-order chi connectivity index (χ1) is 10.7. The number of hydrogen-bond acceptors (Lipinski definition) is 5. The molecule has 1 heterocycles. The maximum Gasteiger partial charge on any atom is 0.573 e. The van der Waals surface area contributed by atoms with Crippen LogP contribution in [0.5, 0.6) is 5.75 Å². The lowest BCUT2D eigenvalue weighted by Gasteiger charge is -2.12. The van der Waals surface area contributed by atoms with E-state index >= 15 is 0 Å². The molecule has 0 spiro atoms. The van der Waals surface area contributed by atoms with E-state index in [9.17, 15) is 18.0 Å². The van der Waals surface area contributed by atoms with Gasteiger partial charge in [0.05, 0.1) is 6.61 Å². The van der Waals surface area contributed by atoms with Gasteiger partial charge in [-0.2, -0.15) is 0 Å². The van der Waals surface area contributed by atoms with Crippen LogP contribution in [0.1, 0.15) is 18.1 Å². The highest BCUT2D eigenvalue weighted by molar-refractivity contribution is 5.91. The van der Waals surface area contributed by atoms with Gasteiger partial charge >= 0.3 is 12.3 Å². The van der Waals surface area contributed by atoms with Crippen LogP contribution in [0.3, 0.4) is 0 Å². The third-order valence-electron chi connectivity index (χ3n) is 3.05.